The van der Waals surface area contributed by atoms with E-state index < -0.39 is 10.0 Å². The van der Waals surface area contributed by atoms with Crippen molar-refractivity contribution >= 4 is 10.0 Å². The molecule has 0 unspecified atom stereocenters. The largest absolute Gasteiger partial charge is 0.363 e. The monoisotopic (exact) mass is 148 g/mol. The fourth-order valence-electron chi connectivity index (χ4n) is 0.336. The summed E-state index contributed by atoms with van der Waals surface area (Å²) >= 11 is 0. The maximum atomic E-state index is 10.4. The van der Waals surface area contributed by atoms with Crippen LogP contribution in [-0.2, 0) is 10.0 Å². The van der Waals surface area contributed by atoms with Crippen LogP contribution in [0.3, 0.4) is 0 Å². The number of hydrogen-bond donors (Lipinski definition) is 1. The zero-order valence-electron chi connectivity index (χ0n) is 4.31. The maximum absolute atomic E-state index is 10.4. The lowest BCUT2D eigenvalue weighted by atomic mass is 10.8. The second kappa shape index (κ2) is 1.82. The molecule has 0 radical (unpaired) electrons. The Bertz CT molecular complexity index is 274. The molecule has 0 atom stereocenters. The molecule has 1 heterocycles. The lowest BCUT2D eigenvalue weighted by Crippen LogP contribution is -2.10. The fraction of sp³-hybridized carbons (Fsp3) is 0. The highest BCUT2D eigenvalue weighted by Crippen LogP contribution is 2.01. The van der Waals surface area contributed by atoms with Gasteiger partial charge in [-0.2, -0.15) is 0 Å². The Labute approximate surface area is 51.5 Å². The molecule has 0 bridgehead atoms. The van der Waals surface area contributed by atoms with Crippen LogP contribution in [0.25, 0.3) is 0 Å². The molecule has 1 rings (SSSR count). The smallest absolute Gasteiger partial charge is 0.242 e. The molecule has 0 saturated carbocycles. The molecule has 2 N–H and O–H groups in total. The Morgan fingerprint density at radius 2 is 2.33 bits per heavy atom. The van der Waals surface area contributed by atoms with E-state index >= 15 is 0 Å². The van der Waals surface area contributed by atoms with Crippen molar-refractivity contribution in [3.63, 3.8) is 0 Å². The quantitative estimate of drug-likeness (QED) is 0.571. The summed E-state index contributed by atoms with van der Waals surface area (Å²) in [5.74, 6) is 0. The minimum Gasteiger partial charge on any atom is -0.363 e. The van der Waals surface area contributed by atoms with Gasteiger partial charge in [-0.15, -0.1) is 0 Å². The molecule has 0 aliphatic carbocycles. The molecule has 0 saturated heterocycles. The van der Waals surface area contributed by atoms with Crippen molar-refractivity contribution in [2.45, 2.75) is 4.90 Å². The van der Waals surface area contributed by atoms with Gasteiger partial charge in [-0.1, -0.05) is 5.16 Å². The minimum absolute atomic E-state index is 0.109. The SMILES string of the molecule is NS(=O)(=O)c1cnoc1. The molecule has 1 aromatic rings. The van der Waals surface area contributed by atoms with E-state index in [1.54, 1.807) is 0 Å². The first-order valence-electron chi connectivity index (χ1n) is 2.03. The zero-order valence-corrected chi connectivity index (χ0v) is 5.13. The molecule has 0 fully saturated rings. The van der Waals surface area contributed by atoms with Gasteiger partial charge >= 0.3 is 0 Å². The first-order chi connectivity index (χ1) is 4.11. The van der Waals surface area contributed by atoms with E-state index in [2.05, 4.69) is 14.8 Å². The molecule has 6 heteroatoms. The predicted molar refractivity (Wildman–Crippen MR) is 27.9 cm³/mol. The third-order valence-corrected chi connectivity index (χ3v) is 1.60. The summed E-state index contributed by atoms with van der Waals surface area (Å²) in [5, 5.41) is 7.83. The van der Waals surface area contributed by atoms with Crippen LogP contribution in [0, 0.1) is 0 Å². The minimum atomic E-state index is -3.62. The molecule has 50 valence electrons. The molecule has 1 aromatic heterocycles. The molecule has 0 spiro atoms. The zero-order chi connectivity index (χ0) is 6.91. The molecule has 0 aromatic carbocycles. The second-order valence-corrected chi connectivity index (χ2v) is 2.97. The normalized spacial score (nSPS) is 11.7. The molecule has 5 nitrogen and oxygen atoms in total. The van der Waals surface area contributed by atoms with E-state index in [-0.39, 0.29) is 4.90 Å². The molecular weight excluding hydrogens is 144 g/mol. The van der Waals surface area contributed by atoms with E-state index in [1.165, 1.54) is 0 Å². The van der Waals surface area contributed by atoms with Crippen LogP contribution >= 0.6 is 0 Å². The van der Waals surface area contributed by atoms with Gasteiger partial charge in [0.25, 0.3) is 0 Å². The van der Waals surface area contributed by atoms with Crippen LogP contribution in [0.15, 0.2) is 21.9 Å². The van der Waals surface area contributed by atoms with Gasteiger partial charge in [-0.25, -0.2) is 13.6 Å². The van der Waals surface area contributed by atoms with Gasteiger partial charge in [-0.05, 0) is 0 Å². The molecule has 0 amide bonds. The Morgan fingerprint density at radius 1 is 1.67 bits per heavy atom. The summed E-state index contributed by atoms with van der Waals surface area (Å²) in [7, 11) is -3.62. The summed E-state index contributed by atoms with van der Waals surface area (Å²) in [5.41, 5.74) is 0. The van der Waals surface area contributed by atoms with Gasteiger partial charge in [0.1, 0.15) is 11.2 Å². The summed E-state index contributed by atoms with van der Waals surface area (Å²) in [6.45, 7) is 0. The summed E-state index contributed by atoms with van der Waals surface area (Å²) < 4.78 is 25.0. The van der Waals surface area contributed by atoms with E-state index in [0.29, 0.717) is 0 Å². The Kier molecular flexibility index (Phi) is 1.26. The van der Waals surface area contributed by atoms with E-state index in [9.17, 15) is 8.42 Å². The van der Waals surface area contributed by atoms with E-state index in [0.717, 1.165) is 12.5 Å². The third-order valence-electron chi connectivity index (χ3n) is 0.738. The van der Waals surface area contributed by atoms with Crippen molar-refractivity contribution in [1.82, 2.24) is 5.16 Å². The number of sulfonamides is 1. The first kappa shape index (κ1) is 6.24. The van der Waals surface area contributed by atoms with Gasteiger partial charge in [0.2, 0.25) is 10.0 Å². The Hall–Kier alpha value is -0.880. The fourth-order valence-corrected chi connectivity index (χ4v) is 0.703. The second-order valence-electron chi connectivity index (χ2n) is 1.41. The lowest BCUT2D eigenvalue weighted by molar-refractivity contribution is 0.417. The highest BCUT2D eigenvalue weighted by atomic mass is 32.2. The van der Waals surface area contributed by atoms with Crippen LogP contribution in [0.2, 0.25) is 0 Å². The van der Waals surface area contributed by atoms with Gasteiger partial charge in [0.15, 0.2) is 0 Å². The molecule has 0 aliphatic heterocycles. The summed E-state index contributed by atoms with van der Waals surface area (Å²) in [6.07, 6.45) is 2.00. The van der Waals surface area contributed by atoms with Gasteiger partial charge < -0.3 is 4.52 Å². The van der Waals surface area contributed by atoms with Crippen LogP contribution in [0.1, 0.15) is 0 Å². The summed E-state index contributed by atoms with van der Waals surface area (Å²) in [6, 6.07) is 0. The number of nitrogens with two attached hydrogens (primary N) is 1. The lowest BCUT2D eigenvalue weighted by Gasteiger charge is -1.84. The average molecular weight is 148 g/mol. The van der Waals surface area contributed by atoms with E-state index in [4.69, 9.17) is 0 Å². The van der Waals surface area contributed by atoms with Crippen molar-refractivity contribution in [1.29, 1.82) is 0 Å². The third kappa shape index (κ3) is 1.27. The van der Waals surface area contributed by atoms with Crippen LogP contribution in [-0.4, -0.2) is 13.6 Å². The van der Waals surface area contributed by atoms with Crippen molar-refractivity contribution in [3.05, 3.63) is 12.5 Å². The van der Waals surface area contributed by atoms with Crippen molar-refractivity contribution in [2.24, 2.45) is 5.14 Å². The highest BCUT2D eigenvalue weighted by Gasteiger charge is 2.08. The maximum Gasteiger partial charge on any atom is 0.242 e. The Balaban J connectivity index is 3.20. The van der Waals surface area contributed by atoms with Crippen molar-refractivity contribution in [3.8, 4) is 0 Å². The van der Waals surface area contributed by atoms with Crippen LogP contribution < -0.4 is 5.14 Å². The number of aromatic nitrogens is 1. The van der Waals surface area contributed by atoms with Crippen molar-refractivity contribution < 1.29 is 12.9 Å². The number of rotatable bonds is 1. The van der Waals surface area contributed by atoms with Crippen LogP contribution in [0.5, 0.6) is 0 Å². The Morgan fingerprint density at radius 3 is 2.56 bits per heavy atom. The first-order valence-corrected chi connectivity index (χ1v) is 3.57. The highest BCUT2D eigenvalue weighted by molar-refractivity contribution is 7.89. The predicted octanol–water partition coefficient (Wildman–Crippen LogP) is -0.678. The number of hydrogen-bond acceptors (Lipinski definition) is 4. The standard InChI is InChI=1S/C3H4N2O3S/c4-9(6,7)3-1-5-8-2-3/h1-2H,(H2,4,6,7). The topological polar surface area (TPSA) is 86.2 Å². The van der Waals surface area contributed by atoms with Crippen molar-refractivity contribution in [2.75, 3.05) is 0 Å². The van der Waals surface area contributed by atoms with Gasteiger partial charge in [-0.3, -0.25) is 0 Å². The molecular formula is C3H4N2O3S. The number of nitrogens with zero attached hydrogens (tertiary/aromatic N) is 1. The van der Waals surface area contributed by atoms with Gasteiger partial charge in [0, 0.05) is 0 Å². The van der Waals surface area contributed by atoms with Crippen LogP contribution in [0.4, 0.5) is 0 Å². The molecule has 0 aliphatic rings. The van der Waals surface area contributed by atoms with Gasteiger partial charge in [0.05, 0.1) is 6.20 Å². The number of primary sulfonamides is 1. The summed E-state index contributed by atoms with van der Waals surface area (Å²) in [4.78, 5) is -0.109. The van der Waals surface area contributed by atoms with E-state index in [1.807, 2.05) is 0 Å². The average Bonchev–Trinajstić information content (AvgIpc) is 2.08. The molecule has 9 heavy (non-hydrogen) atoms.